The van der Waals surface area contributed by atoms with Gasteiger partial charge in [0.2, 0.25) is 5.91 Å². The summed E-state index contributed by atoms with van der Waals surface area (Å²) in [7, 11) is 0. The van der Waals surface area contributed by atoms with Crippen molar-refractivity contribution in [2.45, 2.75) is 38.8 Å². The Balaban J connectivity index is 1.40. The molecule has 1 fully saturated rings. The van der Waals surface area contributed by atoms with E-state index in [1.807, 2.05) is 12.1 Å². The van der Waals surface area contributed by atoms with Crippen molar-refractivity contribution in [2.75, 3.05) is 13.1 Å². The summed E-state index contributed by atoms with van der Waals surface area (Å²) in [5.41, 5.74) is 12.8. The van der Waals surface area contributed by atoms with Crippen LogP contribution in [0.4, 0.5) is 0 Å². The van der Waals surface area contributed by atoms with Crippen molar-refractivity contribution in [1.29, 1.82) is 0 Å². The molecular weight excluding hydrogens is 408 g/mol. The van der Waals surface area contributed by atoms with Gasteiger partial charge in [-0.1, -0.05) is 66.6 Å². The van der Waals surface area contributed by atoms with Crippen molar-refractivity contribution in [3.05, 3.63) is 94.6 Å². The maximum Gasteiger partial charge on any atom is 0.248 e. The summed E-state index contributed by atoms with van der Waals surface area (Å²) < 4.78 is 6.31. The number of likely N-dealkylation sites (tertiary alicyclic amines) is 1. The number of benzene rings is 3. The lowest BCUT2D eigenvalue weighted by molar-refractivity contribution is -0.115. The van der Waals surface area contributed by atoms with Crippen LogP contribution in [-0.4, -0.2) is 23.9 Å². The second-order valence-electron chi connectivity index (χ2n) is 9.16. The Morgan fingerprint density at radius 2 is 1.64 bits per heavy atom. The molecule has 2 aliphatic heterocycles. The van der Waals surface area contributed by atoms with Crippen LogP contribution in [0.3, 0.4) is 0 Å². The molecule has 0 aromatic heterocycles. The predicted octanol–water partition coefficient (Wildman–Crippen LogP) is 5.65. The number of rotatable bonds is 5. The Kier molecular flexibility index (Phi) is 6.01. The molecule has 33 heavy (non-hydrogen) atoms. The number of primary amides is 1. The summed E-state index contributed by atoms with van der Waals surface area (Å²) in [6.45, 7) is 5.38. The molecule has 4 nitrogen and oxygen atoms in total. The van der Waals surface area contributed by atoms with Gasteiger partial charge in [0, 0.05) is 12.1 Å². The van der Waals surface area contributed by atoms with Crippen molar-refractivity contribution in [3.8, 4) is 16.9 Å². The molecule has 0 spiro atoms. The van der Waals surface area contributed by atoms with Crippen LogP contribution in [-0.2, 0) is 11.3 Å². The van der Waals surface area contributed by atoms with E-state index in [4.69, 9.17) is 10.5 Å². The highest BCUT2D eigenvalue weighted by atomic mass is 16.5. The Hall–Kier alpha value is -3.37. The van der Waals surface area contributed by atoms with E-state index in [0.717, 1.165) is 34.5 Å². The van der Waals surface area contributed by atoms with Crippen molar-refractivity contribution in [3.63, 3.8) is 0 Å². The number of carbonyl (C=O) groups is 1. The zero-order valence-corrected chi connectivity index (χ0v) is 19.1. The summed E-state index contributed by atoms with van der Waals surface area (Å²) in [5.74, 6) is 0.307. The molecule has 4 heteroatoms. The first kappa shape index (κ1) is 21.5. The quantitative estimate of drug-likeness (QED) is 0.560. The Labute approximate surface area is 195 Å². The molecule has 1 saturated heterocycles. The topological polar surface area (TPSA) is 55.6 Å². The van der Waals surface area contributed by atoms with E-state index in [1.165, 1.54) is 43.5 Å². The van der Waals surface area contributed by atoms with Crippen LogP contribution in [0.1, 0.15) is 47.6 Å². The number of fused-ring (bicyclic) bond motifs is 1. The molecule has 1 unspecified atom stereocenters. The molecule has 0 saturated carbocycles. The van der Waals surface area contributed by atoms with Gasteiger partial charge in [0.1, 0.15) is 5.75 Å². The number of amides is 1. The number of aryl methyl sites for hydroxylation is 1. The Morgan fingerprint density at radius 1 is 0.939 bits per heavy atom. The van der Waals surface area contributed by atoms with Crippen LogP contribution in [0.5, 0.6) is 5.75 Å². The fourth-order valence-corrected chi connectivity index (χ4v) is 4.75. The van der Waals surface area contributed by atoms with Crippen molar-refractivity contribution in [1.82, 2.24) is 4.90 Å². The average Bonchev–Trinajstić information content (AvgIpc) is 2.84. The van der Waals surface area contributed by atoms with Crippen LogP contribution in [0.2, 0.25) is 0 Å². The van der Waals surface area contributed by atoms with Crippen LogP contribution in [0.25, 0.3) is 17.2 Å². The van der Waals surface area contributed by atoms with Gasteiger partial charge < -0.3 is 10.5 Å². The third-order valence-corrected chi connectivity index (χ3v) is 6.65. The second-order valence-corrected chi connectivity index (χ2v) is 9.16. The molecule has 3 aromatic rings. The number of ether oxygens (including phenoxy) is 1. The van der Waals surface area contributed by atoms with Gasteiger partial charge in [0.05, 0.1) is 5.57 Å². The summed E-state index contributed by atoms with van der Waals surface area (Å²) in [4.78, 5) is 14.8. The highest BCUT2D eigenvalue weighted by Crippen LogP contribution is 2.39. The van der Waals surface area contributed by atoms with Crippen molar-refractivity contribution in [2.24, 2.45) is 5.73 Å². The highest BCUT2D eigenvalue weighted by molar-refractivity contribution is 5.99. The molecule has 2 N–H and O–H groups in total. The SMILES string of the molecule is Cc1ccc(-c2ccc3c(c2)C=C(C(N)=O)C(c2ccc(CN4CCCCC4)cc2)O3)cc1. The minimum Gasteiger partial charge on any atom is -0.480 e. The average molecular weight is 439 g/mol. The van der Waals surface area contributed by atoms with Gasteiger partial charge in [-0.25, -0.2) is 0 Å². The van der Waals surface area contributed by atoms with E-state index in [1.54, 1.807) is 0 Å². The van der Waals surface area contributed by atoms with Gasteiger partial charge >= 0.3 is 0 Å². The summed E-state index contributed by atoms with van der Waals surface area (Å²) in [6.07, 6.45) is 5.29. The number of nitrogens with two attached hydrogens (primary N) is 1. The van der Waals surface area contributed by atoms with Crippen LogP contribution in [0.15, 0.2) is 72.3 Å². The maximum absolute atomic E-state index is 12.3. The molecular formula is C29H30N2O2. The third kappa shape index (κ3) is 4.71. The zero-order chi connectivity index (χ0) is 22.8. The molecule has 2 heterocycles. The van der Waals surface area contributed by atoms with Crippen LogP contribution < -0.4 is 10.5 Å². The number of carbonyl (C=O) groups excluding carboxylic acids is 1. The van der Waals surface area contributed by atoms with Crippen LogP contribution in [0, 0.1) is 6.92 Å². The second kappa shape index (κ2) is 9.24. The Morgan fingerprint density at radius 3 is 2.33 bits per heavy atom. The maximum atomic E-state index is 12.3. The summed E-state index contributed by atoms with van der Waals surface area (Å²) in [6, 6.07) is 22.9. The summed E-state index contributed by atoms with van der Waals surface area (Å²) >= 11 is 0. The molecule has 0 radical (unpaired) electrons. The monoisotopic (exact) mass is 438 g/mol. The molecule has 1 amide bonds. The van der Waals surface area contributed by atoms with Gasteiger partial charge in [-0.3, -0.25) is 9.69 Å². The van der Waals surface area contributed by atoms with Gasteiger partial charge in [-0.2, -0.15) is 0 Å². The lowest BCUT2D eigenvalue weighted by Crippen LogP contribution is -2.29. The Bertz CT molecular complexity index is 1170. The number of hydrogen-bond acceptors (Lipinski definition) is 3. The van der Waals surface area contributed by atoms with Crippen LogP contribution >= 0.6 is 0 Å². The highest BCUT2D eigenvalue weighted by Gasteiger charge is 2.28. The van der Waals surface area contributed by atoms with E-state index in [2.05, 4.69) is 72.5 Å². The van der Waals surface area contributed by atoms with Gasteiger partial charge in [-0.15, -0.1) is 0 Å². The first-order valence-electron chi connectivity index (χ1n) is 11.8. The smallest absolute Gasteiger partial charge is 0.248 e. The molecule has 168 valence electrons. The van der Waals surface area contributed by atoms with Gasteiger partial charge in [-0.05, 0) is 73.3 Å². The van der Waals surface area contributed by atoms with E-state index in [0.29, 0.717) is 5.57 Å². The first-order chi connectivity index (χ1) is 16.1. The molecule has 1 atom stereocenters. The number of hydrogen-bond donors (Lipinski definition) is 1. The minimum absolute atomic E-state index is 0.455. The first-order valence-corrected chi connectivity index (χ1v) is 11.8. The van der Waals surface area contributed by atoms with E-state index < -0.39 is 12.0 Å². The standard InChI is InChI=1S/C29H30N2O2/c1-20-5-9-22(10-6-20)24-13-14-27-25(17-24)18-26(29(30)32)28(33-27)23-11-7-21(8-12-23)19-31-15-3-2-4-16-31/h5-14,17-18,28H,2-4,15-16,19H2,1H3,(H2,30,32). The molecule has 0 bridgehead atoms. The molecule has 3 aromatic carbocycles. The van der Waals surface area contributed by atoms with E-state index in [-0.39, 0.29) is 0 Å². The summed E-state index contributed by atoms with van der Waals surface area (Å²) in [5, 5.41) is 0. The zero-order valence-electron chi connectivity index (χ0n) is 19.1. The fourth-order valence-electron chi connectivity index (χ4n) is 4.75. The number of piperidine rings is 1. The molecule has 0 aliphatic carbocycles. The van der Waals surface area contributed by atoms with Crippen molar-refractivity contribution >= 4 is 12.0 Å². The number of nitrogens with zero attached hydrogens (tertiary/aromatic N) is 1. The molecule has 2 aliphatic rings. The third-order valence-electron chi connectivity index (χ3n) is 6.65. The normalized spacial score (nSPS) is 18.2. The van der Waals surface area contributed by atoms with Crippen molar-refractivity contribution < 1.29 is 9.53 Å². The lowest BCUT2D eigenvalue weighted by Gasteiger charge is -2.28. The van der Waals surface area contributed by atoms with E-state index in [9.17, 15) is 4.79 Å². The lowest BCUT2D eigenvalue weighted by atomic mass is 9.93. The van der Waals surface area contributed by atoms with Gasteiger partial charge in [0.25, 0.3) is 0 Å². The molecule has 5 rings (SSSR count). The fraction of sp³-hybridized carbons (Fsp3) is 0.276. The predicted molar refractivity (Wildman–Crippen MR) is 133 cm³/mol. The minimum atomic E-state index is -0.496. The van der Waals surface area contributed by atoms with Gasteiger partial charge in [0.15, 0.2) is 6.10 Å². The van der Waals surface area contributed by atoms with E-state index >= 15 is 0 Å². The largest absolute Gasteiger partial charge is 0.480 e.